The van der Waals surface area contributed by atoms with E-state index in [-0.39, 0.29) is 18.4 Å². The fraction of sp³-hybridized carbons (Fsp3) is 0.455. The molecule has 0 radical (unpaired) electrons. The van der Waals surface area contributed by atoms with E-state index in [1.54, 1.807) is 11.4 Å². The lowest BCUT2D eigenvalue weighted by Crippen LogP contribution is -2.15. The van der Waals surface area contributed by atoms with Gasteiger partial charge in [-0.25, -0.2) is 0 Å². The second-order valence-electron chi connectivity index (χ2n) is 3.63. The molecule has 1 aromatic heterocycles. The van der Waals surface area contributed by atoms with Gasteiger partial charge in [0.1, 0.15) is 11.1 Å². The molecule has 0 saturated heterocycles. The molecule has 0 aromatic carbocycles. The summed E-state index contributed by atoms with van der Waals surface area (Å²) in [6, 6.07) is 3.70. The van der Waals surface area contributed by atoms with Crippen molar-refractivity contribution in [3.63, 3.8) is 0 Å². The molecule has 0 aliphatic rings. The van der Waals surface area contributed by atoms with E-state index >= 15 is 0 Å². The molecule has 0 spiro atoms. The first-order chi connectivity index (χ1) is 8.17. The zero-order valence-electron chi connectivity index (χ0n) is 9.47. The number of rotatable bonds is 6. The molecule has 0 fully saturated rings. The van der Waals surface area contributed by atoms with Crippen molar-refractivity contribution in [3.05, 3.63) is 17.0 Å². The number of carbonyl (C=O) groups is 1. The average molecular weight is 270 g/mol. The van der Waals surface area contributed by atoms with E-state index in [1.807, 2.05) is 13.0 Å². The molecule has 0 saturated carbocycles. The summed E-state index contributed by atoms with van der Waals surface area (Å²) >= 11 is 2.82. The van der Waals surface area contributed by atoms with Gasteiger partial charge in [-0.2, -0.15) is 17.0 Å². The van der Waals surface area contributed by atoms with Crippen molar-refractivity contribution < 1.29 is 9.90 Å². The number of nitrogens with zero attached hydrogens (tertiary/aromatic N) is 1. The summed E-state index contributed by atoms with van der Waals surface area (Å²) < 4.78 is 0. The first kappa shape index (κ1) is 14.0. The summed E-state index contributed by atoms with van der Waals surface area (Å²) in [4.78, 5) is 11.6. The average Bonchev–Trinajstić information content (AvgIpc) is 2.76. The number of aliphatic hydroxyl groups is 1. The minimum Gasteiger partial charge on any atom is -0.396 e. The summed E-state index contributed by atoms with van der Waals surface area (Å²) in [5, 5.41) is 22.7. The van der Waals surface area contributed by atoms with Crippen molar-refractivity contribution >= 4 is 34.0 Å². The molecule has 0 aliphatic heterocycles. The number of amides is 1. The largest absolute Gasteiger partial charge is 0.396 e. The Morgan fingerprint density at radius 2 is 2.53 bits per heavy atom. The Kier molecular flexibility index (Phi) is 6.05. The molecule has 1 unspecified atom stereocenters. The minimum atomic E-state index is -0.112. The fourth-order valence-electron chi connectivity index (χ4n) is 1.06. The van der Waals surface area contributed by atoms with Gasteiger partial charge in [-0.05, 0) is 23.1 Å². The van der Waals surface area contributed by atoms with Crippen LogP contribution in [0, 0.1) is 17.2 Å². The second kappa shape index (κ2) is 7.33. The predicted molar refractivity (Wildman–Crippen MR) is 71.2 cm³/mol. The third-order valence-electron chi connectivity index (χ3n) is 1.99. The smallest absolute Gasteiger partial charge is 0.235 e. The number of hydrogen-bond acceptors (Lipinski definition) is 5. The van der Waals surface area contributed by atoms with E-state index in [1.165, 1.54) is 23.1 Å². The van der Waals surface area contributed by atoms with Gasteiger partial charge >= 0.3 is 0 Å². The molecule has 1 heterocycles. The van der Waals surface area contributed by atoms with E-state index in [4.69, 9.17) is 10.4 Å². The van der Waals surface area contributed by atoms with Gasteiger partial charge in [-0.3, -0.25) is 4.79 Å². The van der Waals surface area contributed by atoms with Crippen molar-refractivity contribution in [2.75, 3.05) is 23.4 Å². The maximum Gasteiger partial charge on any atom is 0.235 e. The molecular weight excluding hydrogens is 256 g/mol. The van der Waals surface area contributed by atoms with Crippen molar-refractivity contribution in [1.29, 1.82) is 5.26 Å². The lowest BCUT2D eigenvalue weighted by Gasteiger charge is -2.07. The maximum absolute atomic E-state index is 11.6. The highest BCUT2D eigenvalue weighted by molar-refractivity contribution is 7.99. The standard InChI is InChI=1S/C11H14N2O2S2/c1-8(5-14)6-16-7-10(15)13-11-9(4-12)2-3-17-11/h2-3,8,14H,5-7H2,1H3,(H,13,15). The Morgan fingerprint density at radius 1 is 1.76 bits per heavy atom. The Balaban J connectivity index is 2.33. The van der Waals surface area contributed by atoms with Crippen LogP contribution in [0.5, 0.6) is 0 Å². The summed E-state index contributed by atoms with van der Waals surface area (Å²) in [5.41, 5.74) is 0.497. The lowest BCUT2D eigenvalue weighted by molar-refractivity contribution is -0.113. The Morgan fingerprint density at radius 3 is 3.18 bits per heavy atom. The first-order valence-electron chi connectivity index (χ1n) is 5.13. The molecule has 4 nitrogen and oxygen atoms in total. The van der Waals surface area contributed by atoms with Gasteiger partial charge in [0, 0.05) is 6.61 Å². The molecule has 17 heavy (non-hydrogen) atoms. The highest BCUT2D eigenvalue weighted by Crippen LogP contribution is 2.22. The number of thiophene rings is 1. The van der Waals surface area contributed by atoms with Gasteiger partial charge in [0.05, 0.1) is 11.3 Å². The van der Waals surface area contributed by atoms with Gasteiger partial charge in [-0.1, -0.05) is 6.92 Å². The van der Waals surface area contributed by atoms with Crippen LogP contribution < -0.4 is 5.32 Å². The number of nitrogens with one attached hydrogen (secondary N) is 1. The number of hydrogen-bond donors (Lipinski definition) is 2. The highest BCUT2D eigenvalue weighted by Gasteiger charge is 2.09. The quantitative estimate of drug-likeness (QED) is 0.828. The zero-order valence-corrected chi connectivity index (χ0v) is 11.1. The number of carbonyl (C=O) groups excluding carboxylic acids is 1. The Bertz CT molecular complexity index is 412. The predicted octanol–water partition coefficient (Wildman–Crippen LogP) is 1.92. The molecule has 92 valence electrons. The van der Waals surface area contributed by atoms with E-state index in [0.717, 1.165) is 5.75 Å². The van der Waals surface area contributed by atoms with E-state index in [2.05, 4.69) is 5.32 Å². The van der Waals surface area contributed by atoms with Crippen LogP contribution in [0.25, 0.3) is 0 Å². The summed E-state index contributed by atoms with van der Waals surface area (Å²) in [7, 11) is 0. The van der Waals surface area contributed by atoms with Gasteiger partial charge in [0.2, 0.25) is 5.91 Å². The molecule has 1 amide bonds. The molecule has 1 rings (SSSR count). The Labute approximate surface area is 109 Å². The molecule has 1 atom stereocenters. The minimum absolute atomic E-state index is 0.112. The van der Waals surface area contributed by atoms with E-state index in [0.29, 0.717) is 16.3 Å². The monoisotopic (exact) mass is 270 g/mol. The van der Waals surface area contributed by atoms with Crippen molar-refractivity contribution in [3.8, 4) is 6.07 Å². The van der Waals surface area contributed by atoms with Crippen LogP contribution in [-0.2, 0) is 4.79 Å². The third kappa shape index (κ3) is 4.77. The van der Waals surface area contributed by atoms with Gasteiger partial charge < -0.3 is 10.4 Å². The van der Waals surface area contributed by atoms with Gasteiger partial charge in [-0.15, -0.1) is 11.3 Å². The number of anilines is 1. The van der Waals surface area contributed by atoms with Crippen molar-refractivity contribution in [1.82, 2.24) is 0 Å². The number of nitriles is 1. The second-order valence-corrected chi connectivity index (χ2v) is 5.57. The zero-order chi connectivity index (χ0) is 12.7. The van der Waals surface area contributed by atoms with Crippen LogP contribution in [0.15, 0.2) is 11.4 Å². The molecule has 0 aliphatic carbocycles. The van der Waals surface area contributed by atoms with Crippen LogP contribution in [0.2, 0.25) is 0 Å². The topological polar surface area (TPSA) is 73.1 Å². The normalized spacial score (nSPS) is 11.8. The molecule has 1 aromatic rings. The van der Waals surface area contributed by atoms with Gasteiger partial charge in [0.25, 0.3) is 0 Å². The van der Waals surface area contributed by atoms with Crippen LogP contribution >= 0.6 is 23.1 Å². The molecule has 0 bridgehead atoms. The Hall–Kier alpha value is -1.03. The lowest BCUT2D eigenvalue weighted by atomic mass is 10.2. The fourth-order valence-corrected chi connectivity index (χ4v) is 2.70. The summed E-state index contributed by atoms with van der Waals surface area (Å²) in [6.07, 6.45) is 0. The van der Waals surface area contributed by atoms with Crippen LogP contribution in [0.1, 0.15) is 12.5 Å². The number of thioether (sulfide) groups is 1. The van der Waals surface area contributed by atoms with Crippen molar-refractivity contribution in [2.24, 2.45) is 5.92 Å². The van der Waals surface area contributed by atoms with E-state index in [9.17, 15) is 4.79 Å². The molecular formula is C11H14N2O2S2. The summed E-state index contributed by atoms with van der Waals surface area (Å²) in [5.74, 6) is 1.18. The molecule has 2 N–H and O–H groups in total. The van der Waals surface area contributed by atoms with Crippen LogP contribution in [-0.4, -0.2) is 29.1 Å². The van der Waals surface area contributed by atoms with Crippen LogP contribution in [0.3, 0.4) is 0 Å². The summed E-state index contributed by atoms with van der Waals surface area (Å²) in [6.45, 7) is 2.07. The highest BCUT2D eigenvalue weighted by atomic mass is 32.2. The van der Waals surface area contributed by atoms with Crippen molar-refractivity contribution in [2.45, 2.75) is 6.92 Å². The van der Waals surface area contributed by atoms with Gasteiger partial charge in [0.15, 0.2) is 0 Å². The first-order valence-corrected chi connectivity index (χ1v) is 7.16. The SMILES string of the molecule is CC(CO)CSCC(=O)Nc1sccc1C#N. The third-order valence-corrected chi connectivity index (χ3v) is 4.09. The van der Waals surface area contributed by atoms with E-state index < -0.39 is 0 Å². The number of aliphatic hydroxyl groups excluding tert-OH is 1. The van der Waals surface area contributed by atoms with Crippen LogP contribution in [0.4, 0.5) is 5.00 Å². The maximum atomic E-state index is 11.6. The molecule has 6 heteroatoms.